The van der Waals surface area contributed by atoms with Crippen LogP contribution in [0.1, 0.15) is 106 Å². The Labute approximate surface area is 236 Å². The third kappa shape index (κ3) is 5.00. The van der Waals surface area contributed by atoms with Gasteiger partial charge in [-0.1, -0.05) is 39.3 Å². The third-order valence-corrected chi connectivity index (χ3v) is 12.1. The number of hydrogen-bond acceptors (Lipinski definition) is 5. The van der Waals surface area contributed by atoms with Gasteiger partial charge in [-0.2, -0.15) is 0 Å². The smallest absolute Gasteiger partial charge is 0.302 e. The van der Waals surface area contributed by atoms with Crippen LogP contribution in [0.5, 0.6) is 0 Å². The largest absolute Gasteiger partial charge is 0.462 e. The van der Waals surface area contributed by atoms with Crippen molar-refractivity contribution in [2.45, 2.75) is 124 Å². The standard InChI is InChI=1S/C33H53NO5/c1-8-37-33(16-11-20(2)19-34-22(4)35)21(3)30-29(39-33)18-28-26-10-9-24-17-25(38-23(5)36)12-14-31(24,6)27(26)13-15-32(28,30)7/h9,20-21,25-30H,8,10-19H2,1-7H3,(H,34,35)/t20-,21-,25+,26+,27+,28+,29+,30+,31-,32-,33+/m0/s1. The molecule has 4 aliphatic carbocycles. The number of amides is 1. The molecule has 0 radical (unpaired) electrons. The molecule has 0 bridgehead atoms. The van der Waals surface area contributed by atoms with E-state index in [1.165, 1.54) is 19.8 Å². The zero-order chi connectivity index (χ0) is 28.2. The minimum absolute atomic E-state index is 0.0342. The summed E-state index contributed by atoms with van der Waals surface area (Å²) in [5, 5.41) is 2.97. The van der Waals surface area contributed by atoms with Crippen LogP contribution in [0.3, 0.4) is 0 Å². The Balaban J connectivity index is 1.31. The molecule has 0 aromatic heterocycles. The number of hydrogen-bond donors (Lipinski definition) is 1. The fourth-order valence-corrected chi connectivity index (χ4v) is 10.3. The summed E-state index contributed by atoms with van der Waals surface area (Å²) < 4.78 is 19.2. The SMILES string of the molecule is CCO[C@]1(CC[C@H](C)CNC(C)=O)O[C@@H]2C[C@@H]3[C@@H]4CC=C5C[C@H](OC(C)=O)CC[C@]5(C)[C@@H]4CC[C@]3(C)[C@@H]2[C@@H]1C. The maximum absolute atomic E-state index is 11.6. The maximum atomic E-state index is 11.6. The zero-order valence-corrected chi connectivity index (χ0v) is 25.5. The summed E-state index contributed by atoms with van der Waals surface area (Å²) in [6.07, 6.45) is 12.6. The fourth-order valence-electron chi connectivity index (χ4n) is 10.3. The van der Waals surface area contributed by atoms with Crippen molar-refractivity contribution in [1.29, 1.82) is 0 Å². The van der Waals surface area contributed by atoms with Crippen molar-refractivity contribution in [3.63, 3.8) is 0 Å². The Kier molecular flexibility index (Phi) is 8.04. The normalized spacial score (nSPS) is 45.3. The monoisotopic (exact) mass is 543 g/mol. The Hall–Kier alpha value is -1.40. The van der Waals surface area contributed by atoms with Gasteiger partial charge in [-0.3, -0.25) is 9.59 Å². The molecule has 6 heteroatoms. The molecule has 0 aromatic carbocycles. The molecule has 0 aromatic rings. The maximum Gasteiger partial charge on any atom is 0.302 e. The zero-order valence-electron chi connectivity index (χ0n) is 25.5. The number of nitrogens with one attached hydrogen (secondary N) is 1. The van der Waals surface area contributed by atoms with Crippen LogP contribution in [0.15, 0.2) is 11.6 Å². The van der Waals surface area contributed by atoms with Gasteiger partial charge in [-0.15, -0.1) is 0 Å². The minimum atomic E-state index is -0.514. The van der Waals surface area contributed by atoms with Crippen LogP contribution in [0.25, 0.3) is 0 Å². The lowest BCUT2D eigenvalue weighted by Gasteiger charge is -2.58. The van der Waals surface area contributed by atoms with Gasteiger partial charge in [0, 0.05) is 45.8 Å². The van der Waals surface area contributed by atoms with E-state index in [1.807, 2.05) is 0 Å². The van der Waals surface area contributed by atoms with E-state index in [2.05, 4.69) is 46.0 Å². The summed E-state index contributed by atoms with van der Waals surface area (Å²) in [5.41, 5.74) is 2.07. The number of ether oxygens (including phenoxy) is 3. The van der Waals surface area contributed by atoms with Gasteiger partial charge in [-0.05, 0) is 92.3 Å². The molecule has 4 fully saturated rings. The second-order valence-electron chi connectivity index (χ2n) is 14.3. The van der Waals surface area contributed by atoms with Crippen LogP contribution in [0.4, 0.5) is 0 Å². The molecular weight excluding hydrogens is 490 g/mol. The molecule has 1 heterocycles. The van der Waals surface area contributed by atoms with Gasteiger partial charge in [0.2, 0.25) is 5.91 Å². The first kappa shape index (κ1) is 29.1. The van der Waals surface area contributed by atoms with Crippen LogP contribution in [0, 0.1) is 46.3 Å². The van der Waals surface area contributed by atoms with E-state index in [4.69, 9.17) is 14.2 Å². The highest BCUT2D eigenvalue weighted by atomic mass is 16.7. The van der Waals surface area contributed by atoms with Gasteiger partial charge in [0.15, 0.2) is 5.79 Å². The topological polar surface area (TPSA) is 73.9 Å². The van der Waals surface area contributed by atoms with Crippen molar-refractivity contribution in [2.24, 2.45) is 46.3 Å². The molecule has 1 saturated heterocycles. The van der Waals surface area contributed by atoms with Crippen LogP contribution in [0.2, 0.25) is 0 Å². The van der Waals surface area contributed by atoms with Gasteiger partial charge in [0.1, 0.15) is 6.10 Å². The Morgan fingerprint density at radius 1 is 1.18 bits per heavy atom. The van der Waals surface area contributed by atoms with E-state index < -0.39 is 5.79 Å². The van der Waals surface area contributed by atoms with Crippen molar-refractivity contribution in [2.75, 3.05) is 13.2 Å². The van der Waals surface area contributed by atoms with Gasteiger partial charge < -0.3 is 19.5 Å². The molecule has 6 nitrogen and oxygen atoms in total. The average molecular weight is 544 g/mol. The number of carbonyl (C=O) groups excluding carboxylic acids is 2. The molecule has 1 amide bonds. The van der Waals surface area contributed by atoms with Crippen LogP contribution in [-0.4, -0.2) is 43.0 Å². The van der Waals surface area contributed by atoms with Gasteiger partial charge in [0.25, 0.3) is 0 Å². The van der Waals surface area contributed by atoms with Crippen LogP contribution >= 0.6 is 0 Å². The molecule has 39 heavy (non-hydrogen) atoms. The lowest BCUT2D eigenvalue weighted by Crippen LogP contribution is -2.52. The van der Waals surface area contributed by atoms with Gasteiger partial charge in [-0.25, -0.2) is 0 Å². The molecule has 5 rings (SSSR count). The van der Waals surface area contributed by atoms with E-state index in [-0.39, 0.29) is 34.9 Å². The summed E-state index contributed by atoms with van der Waals surface area (Å²) in [5.74, 6) is 2.76. The molecule has 0 unspecified atom stereocenters. The number of esters is 1. The quantitative estimate of drug-likeness (QED) is 0.282. The Morgan fingerprint density at radius 3 is 2.64 bits per heavy atom. The van der Waals surface area contributed by atoms with E-state index in [9.17, 15) is 9.59 Å². The summed E-state index contributed by atoms with van der Waals surface area (Å²) in [7, 11) is 0. The van der Waals surface area contributed by atoms with Crippen LogP contribution in [-0.2, 0) is 23.8 Å². The van der Waals surface area contributed by atoms with Crippen LogP contribution < -0.4 is 5.32 Å². The molecular formula is C33H53NO5. The Morgan fingerprint density at radius 2 is 1.95 bits per heavy atom. The number of fused-ring (bicyclic) bond motifs is 7. The lowest BCUT2D eigenvalue weighted by atomic mass is 9.47. The van der Waals surface area contributed by atoms with Crippen molar-refractivity contribution in [3.05, 3.63) is 11.6 Å². The second kappa shape index (κ2) is 10.8. The van der Waals surface area contributed by atoms with E-state index in [0.717, 1.165) is 44.9 Å². The first-order chi connectivity index (χ1) is 18.4. The fraction of sp³-hybridized carbons (Fsp3) is 0.879. The van der Waals surface area contributed by atoms with Crippen molar-refractivity contribution in [1.82, 2.24) is 5.32 Å². The predicted octanol–water partition coefficient (Wildman–Crippen LogP) is 6.43. The number of allylic oxidation sites excluding steroid dienone is 1. The molecule has 220 valence electrons. The lowest BCUT2D eigenvalue weighted by molar-refractivity contribution is -0.250. The highest BCUT2D eigenvalue weighted by Crippen LogP contribution is 2.70. The molecule has 3 saturated carbocycles. The highest BCUT2D eigenvalue weighted by molar-refractivity contribution is 5.72. The van der Waals surface area contributed by atoms with E-state index in [0.29, 0.717) is 48.7 Å². The minimum Gasteiger partial charge on any atom is -0.462 e. The van der Waals surface area contributed by atoms with Crippen molar-refractivity contribution >= 4 is 11.9 Å². The van der Waals surface area contributed by atoms with Crippen molar-refractivity contribution in [3.8, 4) is 0 Å². The van der Waals surface area contributed by atoms with Crippen molar-refractivity contribution < 1.29 is 23.8 Å². The van der Waals surface area contributed by atoms with E-state index in [1.54, 1.807) is 12.5 Å². The molecule has 11 atom stereocenters. The number of rotatable bonds is 8. The molecule has 1 aliphatic heterocycles. The third-order valence-electron chi connectivity index (χ3n) is 12.1. The van der Waals surface area contributed by atoms with Gasteiger partial charge in [0.05, 0.1) is 6.10 Å². The number of carbonyl (C=O) groups is 2. The molecule has 5 aliphatic rings. The summed E-state index contributed by atoms with van der Waals surface area (Å²) in [4.78, 5) is 23.0. The first-order valence-electron chi connectivity index (χ1n) is 15.9. The Bertz CT molecular complexity index is 979. The predicted molar refractivity (Wildman–Crippen MR) is 152 cm³/mol. The average Bonchev–Trinajstić information content (AvgIpc) is 3.32. The molecule has 1 N–H and O–H groups in total. The molecule has 0 spiro atoms. The van der Waals surface area contributed by atoms with Gasteiger partial charge >= 0.3 is 5.97 Å². The summed E-state index contributed by atoms with van der Waals surface area (Å²) >= 11 is 0. The highest BCUT2D eigenvalue weighted by Gasteiger charge is 2.68. The summed E-state index contributed by atoms with van der Waals surface area (Å²) in [6.45, 7) is 16.3. The first-order valence-corrected chi connectivity index (χ1v) is 15.9. The second-order valence-corrected chi connectivity index (χ2v) is 14.3. The van der Waals surface area contributed by atoms with E-state index >= 15 is 0 Å². The summed E-state index contributed by atoms with van der Waals surface area (Å²) in [6, 6.07) is 0.